The van der Waals surface area contributed by atoms with Gasteiger partial charge in [-0.3, -0.25) is 9.78 Å². The number of aromatic nitrogens is 2. The Morgan fingerprint density at radius 2 is 2.19 bits per heavy atom. The number of pyridine rings is 2. The zero-order valence-electron chi connectivity index (χ0n) is 8.43. The van der Waals surface area contributed by atoms with Crippen molar-refractivity contribution in [1.29, 1.82) is 0 Å². The first kappa shape index (κ1) is 9.23. The van der Waals surface area contributed by atoms with E-state index in [9.17, 15) is 4.79 Å². The third-order valence-electron chi connectivity index (χ3n) is 2.76. The quantitative estimate of drug-likeness (QED) is 0.719. The van der Waals surface area contributed by atoms with Crippen molar-refractivity contribution in [2.24, 2.45) is 0 Å². The normalized spacial score (nSPS) is 14.0. The van der Waals surface area contributed by atoms with Gasteiger partial charge in [-0.15, -0.1) is 0 Å². The Bertz CT molecular complexity index is 595. The fourth-order valence-electron chi connectivity index (χ4n) is 1.96. The second-order valence-electron chi connectivity index (χ2n) is 3.69. The van der Waals surface area contributed by atoms with E-state index in [1.54, 1.807) is 12.3 Å². The van der Waals surface area contributed by atoms with E-state index in [1.165, 1.54) is 0 Å². The minimum atomic E-state index is 0.396. The SMILES string of the molecule is Nc1nc2cnc(C=O)cc2c2c1COC2. The van der Waals surface area contributed by atoms with Crippen LogP contribution in [0.3, 0.4) is 0 Å². The van der Waals surface area contributed by atoms with Crippen LogP contribution in [0.4, 0.5) is 5.82 Å². The number of nitrogens with zero attached hydrogens (tertiary/aromatic N) is 2. The van der Waals surface area contributed by atoms with Crippen LogP contribution < -0.4 is 5.73 Å². The van der Waals surface area contributed by atoms with Crippen molar-refractivity contribution >= 4 is 23.0 Å². The average Bonchev–Trinajstić information content (AvgIpc) is 2.78. The fourth-order valence-corrected chi connectivity index (χ4v) is 1.96. The molecule has 0 fully saturated rings. The highest BCUT2D eigenvalue weighted by Gasteiger charge is 2.19. The number of hydrogen-bond donors (Lipinski definition) is 1. The Balaban J connectivity index is 2.40. The van der Waals surface area contributed by atoms with E-state index in [-0.39, 0.29) is 0 Å². The molecule has 3 rings (SSSR count). The maximum atomic E-state index is 10.7. The molecule has 3 heterocycles. The lowest BCUT2D eigenvalue weighted by atomic mass is 10.1. The smallest absolute Gasteiger partial charge is 0.168 e. The molecule has 2 N–H and O–H groups in total. The van der Waals surface area contributed by atoms with E-state index in [0.717, 1.165) is 22.8 Å². The summed E-state index contributed by atoms with van der Waals surface area (Å²) in [7, 11) is 0. The van der Waals surface area contributed by atoms with Gasteiger partial charge in [0.1, 0.15) is 11.5 Å². The van der Waals surface area contributed by atoms with Crippen LogP contribution >= 0.6 is 0 Å². The lowest BCUT2D eigenvalue weighted by molar-refractivity contribution is 0.111. The summed E-state index contributed by atoms with van der Waals surface area (Å²) in [5.74, 6) is 0.487. The van der Waals surface area contributed by atoms with Crippen LogP contribution in [0.15, 0.2) is 12.3 Å². The van der Waals surface area contributed by atoms with Crippen molar-refractivity contribution in [1.82, 2.24) is 9.97 Å². The second kappa shape index (κ2) is 3.24. The molecule has 80 valence electrons. The molecule has 0 unspecified atom stereocenters. The van der Waals surface area contributed by atoms with Gasteiger partial charge in [0.2, 0.25) is 0 Å². The van der Waals surface area contributed by atoms with Crippen molar-refractivity contribution in [3.63, 3.8) is 0 Å². The number of nitrogen functional groups attached to an aromatic ring is 1. The lowest BCUT2D eigenvalue weighted by Crippen LogP contribution is -2.00. The van der Waals surface area contributed by atoms with Gasteiger partial charge in [-0.25, -0.2) is 4.98 Å². The molecule has 5 heteroatoms. The first-order valence-electron chi connectivity index (χ1n) is 4.89. The van der Waals surface area contributed by atoms with Crippen molar-refractivity contribution in [2.75, 3.05) is 5.73 Å². The number of ether oxygens (including phenoxy) is 1. The highest BCUT2D eigenvalue weighted by atomic mass is 16.5. The van der Waals surface area contributed by atoms with Crippen LogP contribution in [-0.2, 0) is 18.0 Å². The number of aldehydes is 1. The summed E-state index contributed by atoms with van der Waals surface area (Å²) in [5, 5.41) is 0.902. The van der Waals surface area contributed by atoms with Gasteiger partial charge in [-0.2, -0.15) is 0 Å². The van der Waals surface area contributed by atoms with Crippen LogP contribution in [0.1, 0.15) is 21.6 Å². The van der Waals surface area contributed by atoms with Crippen molar-refractivity contribution < 1.29 is 9.53 Å². The summed E-state index contributed by atoms with van der Waals surface area (Å²) < 4.78 is 5.35. The molecule has 1 aliphatic rings. The Kier molecular flexibility index (Phi) is 1.87. The molecule has 5 nitrogen and oxygen atoms in total. The molecule has 2 aromatic rings. The molecule has 2 aromatic heterocycles. The summed E-state index contributed by atoms with van der Waals surface area (Å²) >= 11 is 0. The number of nitrogens with two attached hydrogens (primary N) is 1. The maximum Gasteiger partial charge on any atom is 0.168 e. The Morgan fingerprint density at radius 1 is 1.38 bits per heavy atom. The van der Waals surface area contributed by atoms with Crippen LogP contribution in [0, 0.1) is 0 Å². The van der Waals surface area contributed by atoms with Crippen molar-refractivity contribution in [3.05, 3.63) is 29.1 Å². The molecule has 0 aliphatic carbocycles. The Morgan fingerprint density at radius 3 is 3.00 bits per heavy atom. The van der Waals surface area contributed by atoms with Gasteiger partial charge in [0, 0.05) is 10.9 Å². The molecule has 0 radical (unpaired) electrons. The van der Waals surface area contributed by atoms with Gasteiger partial charge >= 0.3 is 0 Å². The zero-order chi connectivity index (χ0) is 11.1. The molecule has 0 saturated heterocycles. The van der Waals surface area contributed by atoms with E-state index in [2.05, 4.69) is 9.97 Å². The largest absolute Gasteiger partial charge is 0.383 e. The summed E-state index contributed by atoms with van der Waals surface area (Å²) in [5.41, 5.74) is 8.87. The molecule has 0 atom stereocenters. The van der Waals surface area contributed by atoms with E-state index in [0.29, 0.717) is 30.2 Å². The highest BCUT2D eigenvalue weighted by Crippen LogP contribution is 2.30. The number of carbonyl (C=O) groups excluding carboxylic acids is 1. The minimum absolute atomic E-state index is 0.396. The molecule has 0 amide bonds. The highest BCUT2D eigenvalue weighted by molar-refractivity contribution is 5.89. The second-order valence-corrected chi connectivity index (χ2v) is 3.69. The Hall–Kier alpha value is -2.01. The summed E-state index contributed by atoms with van der Waals surface area (Å²) in [4.78, 5) is 18.9. The topological polar surface area (TPSA) is 78.1 Å². The number of rotatable bonds is 1. The van der Waals surface area contributed by atoms with Gasteiger partial charge in [0.25, 0.3) is 0 Å². The molecular weight excluding hydrogens is 206 g/mol. The number of fused-ring (bicyclic) bond motifs is 3. The summed E-state index contributed by atoms with van der Waals surface area (Å²) in [6, 6.07) is 1.72. The van der Waals surface area contributed by atoms with Crippen molar-refractivity contribution in [3.8, 4) is 0 Å². The fraction of sp³-hybridized carbons (Fsp3) is 0.182. The van der Waals surface area contributed by atoms with Crippen LogP contribution in [0.5, 0.6) is 0 Å². The predicted molar refractivity (Wildman–Crippen MR) is 57.8 cm³/mol. The standard InChI is InChI=1S/C11H9N3O2/c12-11-9-5-16-4-8(9)7-1-6(3-15)13-2-10(7)14-11/h1-3H,4-5H2,(H2,12,14). The Labute approximate surface area is 91.3 Å². The summed E-state index contributed by atoms with van der Waals surface area (Å²) in [6.45, 7) is 1.00. The van der Waals surface area contributed by atoms with Gasteiger partial charge in [-0.05, 0) is 11.6 Å². The third-order valence-corrected chi connectivity index (χ3v) is 2.76. The minimum Gasteiger partial charge on any atom is -0.383 e. The van der Waals surface area contributed by atoms with E-state index in [1.807, 2.05) is 0 Å². The molecule has 0 bridgehead atoms. The number of carbonyl (C=O) groups is 1. The molecular formula is C11H9N3O2. The van der Waals surface area contributed by atoms with Gasteiger partial charge < -0.3 is 10.5 Å². The van der Waals surface area contributed by atoms with Gasteiger partial charge in [0.15, 0.2) is 6.29 Å². The maximum absolute atomic E-state index is 10.7. The van der Waals surface area contributed by atoms with E-state index in [4.69, 9.17) is 10.5 Å². The lowest BCUT2D eigenvalue weighted by Gasteiger charge is -2.06. The molecule has 0 aromatic carbocycles. The van der Waals surface area contributed by atoms with Crippen LogP contribution in [0.2, 0.25) is 0 Å². The van der Waals surface area contributed by atoms with Crippen LogP contribution in [0.25, 0.3) is 10.9 Å². The average molecular weight is 215 g/mol. The zero-order valence-corrected chi connectivity index (χ0v) is 8.43. The third kappa shape index (κ3) is 1.18. The molecule has 1 aliphatic heterocycles. The predicted octanol–water partition coefficient (Wildman–Crippen LogP) is 1.05. The molecule has 16 heavy (non-hydrogen) atoms. The van der Waals surface area contributed by atoms with Gasteiger partial charge in [0.05, 0.1) is 24.9 Å². The first-order valence-corrected chi connectivity index (χ1v) is 4.89. The molecule has 0 saturated carbocycles. The van der Waals surface area contributed by atoms with Crippen molar-refractivity contribution in [2.45, 2.75) is 13.2 Å². The van der Waals surface area contributed by atoms with Crippen LogP contribution in [-0.4, -0.2) is 16.3 Å². The van der Waals surface area contributed by atoms with E-state index < -0.39 is 0 Å². The van der Waals surface area contributed by atoms with Gasteiger partial charge in [-0.1, -0.05) is 0 Å². The first-order chi connectivity index (χ1) is 7.79. The number of anilines is 1. The molecule has 0 spiro atoms. The van der Waals surface area contributed by atoms with E-state index >= 15 is 0 Å². The number of hydrogen-bond acceptors (Lipinski definition) is 5. The summed E-state index contributed by atoms with van der Waals surface area (Å²) in [6.07, 6.45) is 2.28. The monoisotopic (exact) mass is 215 g/mol.